The Bertz CT molecular complexity index is 832. The molecule has 0 saturated carbocycles. The highest BCUT2D eigenvalue weighted by Crippen LogP contribution is 2.23. The molecular weight excluding hydrogens is 384 g/mol. The fourth-order valence-electron chi connectivity index (χ4n) is 2.21. The summed E-state index contributed by atoms with van der Waals surface area (Å²) >= 11 is 7.41. The van der Waals surface area contributed by atoms with E-state index >= 15 is 0 Å². The van der Waals surface area contributed by atoms with E-state index in [9.17, 15) is 18.4 Å². The summed E-state index contributed by atoms with van der Waals surface area (Å²) in [5, 5.41) is 2.70. The van der Waals surface area contributed by atoms with E-state index in [1.807, 2.05) is 6.26 Å². The zero-order valence-corrected chi connectivity index (χ0v) is 15.6. The first-order valence-electron chi connectivity index (χ1n) is 7.56. The molecule has 1 N–H and O–H groups in total. The van der Waals surface area contributed by atoms with E-state index in [0.717, 1.165) is 17.0 Å². The predicted molar refractivity (Wildman–Crippen MR) is 96.4 cm³/mol. The van der Waals surface area contributed by atoms with Crippen LogP contribution in [0, 0.1) is 11.6 Å². The molecule has 0 heterocycles. The molecule has 8 heteroatoms. The summed E-state index contributed by atoms with van der Waals surface area (Å²) < 4.78 is 31.6. The molecule has 0 fully saturated rings. The molecule has 0 radical (unpaired) electrons. The number of benzene rings is 2. The minimum Gasteiger partial charge on any atom is -0.452 e. The van der Waals surface area contributed by atoms with Gasteiger partial charge in [0.25, 0.3) is 5.91 Å². The van der Waals surface area contributed by atoms with Gasteiger partial charge < -0.3 is 10.1 Å². The zero-order valence-electron chi connectivity index (χ0n) is 14.0. The van der Waals surface area contributed by atoms with Crippen molar-refractivity contribution in [1.29, 1.82) is 0 Å². The average molecular weight is 400 g/mol. The van der Waals surface area contributed by atoms with Crippen LogP contribution in [0.3, 0.4) is 0 Å². The topological polar surface area (TPSA) is 55.4 Å². The number of ether oxygens (including phenoxy) is 1. The summed E-state index contributed by atoms with van der Waals surface area (Å²) in [6.07, 6.45) is 1.85. The lowest BCUT2D eigenvalue weighted by Crippen LogP contribution is -2.31. The van der Waals surface area contributed by atoms with Crippen LogP contribution in [0.25, 0.3) is 0 Å². The van der Waals surface area contributed by atoms with Gasteiger partial charge >= 0.3 is 5.97 Å². The highest BCUT2D eigenvalue weighted by atomic mass is 35.5. The van der Waals surface area contributed by atoms with Gasteiger partial charge in [0.2, 0.25) is 0 Å². The summed E-state index contributed by atoms with van der Waals surface area (Å²) in [6.45, 7) is 0.987. The van der Waals surface area contributed by atoms with Crippen LogP contribution in [0.1, 0.15) is 28.9 Å². The van der Waals surface area contributed by atoms with Gasteiger partial charge in [-0.2, -0.15) is 0 Å². The summed E-state index contributed by atoms with van der Waals surface area (Å²) in [6, 6.07) is 7.27. The number of nitrogens with one attached hydrogen (secondary N) is 1. The molecule has 1 atom stereocenters. The summed E-state index contributed by atoms with van der Waals surface area (Å²) in [4.78, 5) is 24.8. The lowest BCUT2D eigenvalue weighted by atomic mass is 10.1. The Hall–Kier alpha value is -2.12. The van der Waals surface area contributed by atoms with Crippen molar-refractivity contribution in [2.24, 2.45) is 0 Å². The molecule has 0 saturated heterocycles. The molecule has 2 aromatic rings. The van der Waals surface area contributed by atoms with Crippen LogP contribution in [-0.4, -0.2) is 24.7 Å². The quantitative estimate of drug-likeness (QED) is 0.578. The Labute approximate surface area is 158 Å². The number of esters is 1. The van der Waals surface area contributed by atoms with Crippen LogP contribution in [0.4, 0.5) is 8.78 Å². The van der Waals surface area contributed by atoms with Crippen LogP contribution < -0.4 is 5.32 Å². The highest BCUT2D eigenvalue weighted by Gasteiger charge is 2.17. The number of thioether (sulfide) groups is 1. The van der Waals surface area contributed by atoms with Crippen molar-refractivity contribution in [2.45, 2.75) is 17.9 Å². The first-order valence-corrected chi connectivity index (χ1v) is 9.17. The predicted octanol–water partition coefficient (Wildman–Crippen LogP) is 4.37. The third-order valence-corrected chi connectivity index (χ3v) is 4.59. The Morgan fingerprint density at radius 2 is 1.96 bits per heavy atom. The SMILES string of the molecule is CSc1ccc(Cl)c(C(=O)OCC(=O)N[C@@H](C)c2ccc(F)cc2F)c1. The van der Waals surface area contributed by atoms with Crippen LogP contribution in [0.15, 0.2) is 41.3 Å². The second kappa shape index (κ2) is 9.00. The Kier molecular flexibility index (Phi) is 6.99. The third kappa shape index (κ3) is 5.19. The largest absolute Gasteiger partial charge is 0.452 e. The highest BCUT2D eigenvalue weighted by molar-refractivity contribution is 7.98. The molecular formula is C18H16ClF2NO3S. The molecule has 2 rings (SSSR count). The van der Waals surface area contributed by atoms with Gasteiger partial charge in [-0.1, -0.05) is 17.7 Å². The van der Waals surface area contributed by atoms with E-state index < -0.39 is 36.2 Å². The van der Waals surface area contributed by atoms with Crippen molar-refractivity contribution in [3.05, 3.63) is 64.2 Å². The Balaban J connectivity index is 1.95. The first kappa shape index (κ1) is 20.2. The maximum absolute atomic E-state index is 13.7. The lowest BCUT2D eigenvalue weighted by Gasteiger charge is -2.15. The van der Waals surface area contributed by atoms with Crippen molar-refractivity contribution in [1.82, 2.24) is 5.32 Å². The molecule has 4 nitrogen and oxygen atoms in total. The molecule has 0 aliphatic rings. The average Bonchev–Trinajstić information content (AvgIpc) is 2.60. The molecule has 0 aromatic heterocycles. The van der Waals surface area contributed by atoms with Crippen LogP contribution in [0.5, 0.6) is 0 Å². The van der Waals surface area contributed by atoms with Gasteiger partial charge in [0.05, 0.1) is 16.6 Å². The molecule has 138 valence electrons. The van der Waals surface area contributed by atoms with E-state index in [0.29, 0.717) is 0 Å². The number of carbonyl (C=O) groups excluding carboxylic acids is 2. The molecule has 2 aromatic carbocycles. The number of rotatable bonds is 6. The van der Waals surface area contributed by atoms with Crippen molar-refractivity contribution in [3.8, 4) is 0 Å². The van der Waals surface area contributed by atoms with Crippen molar-refractivity contribution < 1.29 is 23.1 Å². The Morgan fingerprint density at radius 3 is 2.62 bits per heavy atom. The van der Waals surface area contributed by atoms with Crippen LogP contribution in [-0.2, 0) is 9.53 Å². The van der Waals surface area contributed by atoms with Crippen LogP contribution >= 0.6 is 23.4 Å². The van der Waals surface area contributed by atoms with E-state index in [4.69, 9.17) is 16.3 Å². The minimum atomic E-state index is -0.768. The standard InChI is InChI=1S/C18H16ClF2NO3S/c1-10(13-5-3-11(20)7-16(13)21)22-17(23)9-25-18(24)14-8-12(26-2)4-6-15(14)19/h3-8,10H,9H2,1-2H3,(H,22,23)/t10-/m0/s1. The molecule has 0 spiro atoms. The summed E-state index contributed by atoms with van der Waals surface area (Å²) in [5.74, 6) is -2.83. The van der Waals surface area contributed by atoms with Gasteiger partial charge in [0.15, 0.2) is 6.61 Å². The van der Waals surface area contributed by atoms with Crippen LogP contribution in [0.2, 0.25) is 5.02 Å². The maximum Gasteiger partial charge on any atom is 0.340 e. The molecule has 0 aliphatic heterocycles. The molecule has 1 amide bonds. The van der Waals surface area contributed by atoms with E-state index in [1.165, 1.54) is 24.8 Å². The summed E-state index contributed by atoms with van der Waals surface area (Å²) in [7, 11) is 0. The molecule has 26 heavy (non-hydrogen) atoms. The van der Waals surface area contributed by atoms with Gasteiger partial charge in [0, 0.05) is 16.5 Å². The van der Waals surface area contributed by atoms with Gasteiger partial charge in [-0.15, -0.1) is 11.8 Å². The fourth-order valence-corrected chi connectivity index (χ4v) is 2.84. The molecule has 0 aliphatic carbocycles. The number of carbonyl (C=O) groups is 2. The number of hydrogen-bond acceptors (Lipinski definition) is 4. The normalized spacial score (nSPS) is 11.7. The van der Waals surface area contributed by atoms with E-state index in [-0.39, 0.29) is 16.1 Å². The zero-order chi connectivity index (χ0) is 19.3. The van der Waals surface area contributed by atoms with Crippen molar-refractivity contribution in [3.63, 3.8) is 0 Å². The molecule has 0 bridgehead atoms. The van der Waals surface area contributed by atoms with Gasteiger partial charge in [0.1, 0.15) is 11.6 Å². The third-order valence-electron chi connectivity index (χ3n) is 3.53. The van der Waals surface area contributed by atoms with E-state index in [2.05, 4.69) is 5.32 Å². The van der Waals surface area contributed by atoms with Crippen molar-refractivity contribution in [2.75, 3.05) is 12.9 Å². The van der Waals surface area contributed by atoms with Crippen molar-refractivity contribution >= 4 is 35.2 Å². The smallest absolute Gasteiger partial charge is 0.340 e. The fraction of sp³-hybridized carbons (Fsp3) is 0.222. The maximum atomic E-state index is 13.7. The number of halogens is 3. The van der Waals surface area contributed by atoms with Gasteiger partial charge in [-0.3, -0.25) is 4.79 Å². The minimum absolute atomic E-state index is 0.127. The molecule has 0 unspecified atom stereocenters. The second-order valence-corrected chi connectivity index (χ2v) is 6.66. The number of hydrogen-bond donors (Lipinski definition) is 1. The second-order valence-electron chi connectivity index (χ2n) is 5.38. The first-order chi connectivity index (χ1) is 12.3. The van der Waals surface area contributed by atoms with Gasteiger partial charge in [-0.25, -0.2) is 13.6 Å². The monoisotopic (exact) mass is 399 g/mol. The Morgan fingerprint density at radius 1 is 1.23 bits per heavy atom. The summed E-state index contributed by atoms with van der Waals surface area (Å²) in [5.41, 5.74) is 0.283. The number of amides is 1. The van der Waals surface area contributed by atoms with Gasteiger partial charge in [-0.05, 0) is 37.4 Å². The lowest BCUT2D eigenvalue weighted by molar-refractivity contribution is -0.124. The van der Waals surface area contributed by atoms with E-state index in [1.54, 1.807) is 18.2 Å².